The summed E-state index contributed by atoms with van der Waals surface area (Å²) in [6.07, 6.45) is -4.01. The van der Waals surface area contributed by atoms with Gasteiger partial charge in [0.25, 0.3) is 0 Å². The molecule has 1 saturated carbocycles. The van der Waals surface area contributed by atoms with Crippen molar-refractivity contribution < 1.29 is 32.4 Å². The highest BCUT2D eigenvalue weighted by molar-refractivity contribution is 5.80. The summed E-state index contributed by atoms with van der Waals surface area (Å²) in [5.41, 5.74) is -0.580. The number of rotatable bonds is 5. The number of carbonyl (C=O) groups excluding carboxylic acids is 1. The van der Waals surface area contributed by atoms with Crippen LogP contribution in [0.3, 0.4) is 0 Å². The van der Waals surface area contributed by atoms with E-state index in [-0.39, 0.29) is 17.4 Å². The SMILES string of the molecule is COc1ccc(OC(=O)C2CC2c2ccc(C(F)(F)F)cc2)c([N+](=O)[O-])c1. The van der Waals surface area contributed by atoms with Crippen LogP contribution in [0, 0.1) is 16.0 Å². The average Bonchev–Trinajstić information content (AvgIpc) is 3.42. The first-order chi connectivity index (χ1) is 12.7. The van der Waals surface area contributed by atoms with Gasteiger partial charge in [-0.15, -0.1) is 0 Å². The lowest BCUT2D eigenvalue weighted by molar-refractivity contribution is -0.385. The molecule has 2 aromatic carbocycles. The second kappa shape index (κ2) is 6.90. The molecule has 2 atom stereocenters. The number of nitrogens with zero attached hydrogens (tertiary/aromatic N) is 1. The molecule has 0 saturated heterocycles. The summed E-state index contributed by atoms with van der Waals surface area (Å²) in [5, 5.41) is 11.1. The van der Waals surface area contributed by atoms with Gasteiger partial charge >= 0.3 is 17.8 Å². The Bertz CT molecular complexity index is 880. The highest BCUT2D eigenvalue weighted by Gasteiger charge is 2.46. The van der Waals surface area contributed by atoms with Crippen molar-refractivity contribution in [1.29, 1.82) is 0 Å². The van der Waals surface area contributed by atoms with Gasteiger partial charge in [-0.1, -0.05) is 12.1 Å². The number of nitro groups is 1. The number of halogens is 3. The Morgan fingerprint density at radius 3 is 2.41 bits per heavy atom. The van der Waals surface area contributed by atoms with Gasteiger partial charge in [-0.3, -0.25) is 14.9 Å². The van der Waals surface area contributed by atoms with Gasteiger partial charge in [-0.05, 0) is 42.2 Å². The van der Waals surface area contributed by atoms with Gasteiger partial charge in [0, 0.05) is 0 Å². The number of methoxy groups -OCH3 is 1. The quantitative estimate of drug-likeness (QED) is 0.333. The number of benzene rings is 2. The van der Waals surface area contributed by atoms with E-state index in [1.165, 1.54) is 31.4 Å². The summed E-state index contributed by atoms with van der Waals surface area (Å²) in [7, 11) is 1.35. The molecular formula is C18H14F3NO5. The summed E-state index contributed by atoms with van der Waals surface area (Å²) in [6.45, 7) is 0. The van der Waals surface area contributed by atoms with Crippen molar-refractivity contribution in [2.45, 2.75) is 18.5 Å². The number of ether oxygens (including phenoxy) is 2. The van der Waals surface area contributed by atoms with E-state index < -0.39 is 34.2 Å². The molecule has 0 aromatic heterocycles. The van der Waals surface area contributed by atoms with E-state index in [1.807, 2.05) is 0 Å². The van der Waals surface area contributed by atoms with Gasteiger partial charge in [0.1, 0.15) is 5.75 Å². The van der Waals surface area contributed by atoms with Crippen molar-refractivity contribution in [2.75, 3.05) is 7.11 Å². The number of carbonyl (C=O) groups is 1. The molecule has 2 unspecified atom stereocenters. The second-order valence-corrected chi connectivity index (χ2v) is 6.08. The van der Waals surface area contributed by atoms with Gasteiger partial charge < -0.3 is 9.47 Å². The van der Waals surface area contributed by atoms with Gasteiger partial charge in [0.05, 0.1) is 29.6 Å². The molecule has 9 heteroatoms. The third-order valence-electron chi connectivity index (χ3n) is 4.33. The molecule has 27 heavy (non-hydrogen) atoms. The average molecular weight is 381 g/mol. The lowest BCUT2D eigenvalue weighted by atomic mass is 10.1. The first kappa shape index (κ1) is 18.7. The van der Waals surface area contributed by atoms with E-state index in [0.717, 1.165) is 18.2 Å². The van der Waals surface area contributed by atoms with Crippen LogP contribution in [0.5, 0.6) is 11.5 Å². The van der Waals surface area contributed by atoms with E-state index in [2.05, 4.69) is 0 Å². The van der Waals surface area contributed by atoms with E-state index in [9.17, 15) is 28.1 Å². The smallest absolute Gasteiger partial charge is 0.416 e. The van der Waals surface area contributed by atoms with Gasteiger partial charge in [0.15, 0.2) is 0 Å². The Labute approximate surface area is 151 Å². The lowest BCUT2D eigenvalue weighted by Crippen LogP contribution is -2.12. The molecule has 0 bridgehead atoms. The number of nitro benzene ring substituents is 1. The molecule has 3 rings (SSSR count). The summed E-state index contributed by atoms with van der Waals surface area (Å²) in [5.74, 6) is -1.44. The molecular weight excluding hydrogens is 367 g/mol. The fraction of sp³-hybridized carbons (Fsp3) is 0.278. The standard InChI is InChI=1S/C18H14F3NO5/c1-26-12-6-7-16(15(8-12)22(24)25)27-17(23)14-9-13(14)10-2-4-11(5-3-10)18(19,20)21/h2-8,13-14H,9H2,1H3. The number of esters is 1. The summed E-state index contributed by atoms with van der Waals surface area (Å²) in [6, 6.07) is 8.42. The zero-order chi connectivity index (χ0) is 19.8. The van der Waals surface area contributed by atoms with Crippen LogP contribution in [0.15, 0.2) is 42.5 Å². The van der Waals surface area contributed by atoms with Crippen LogP contribution in [0.1, 0.15) is 23.5 Å². The summed E-state index contributed by atoms with van der Waals surface area (Å²) in [4.78, 5) is 22.7. The molecule has 0 N–H and O–H groups in total. The largest absolute Gasteiger partial charge is 0.496 e. The van der Waals surface area contributed by atoms with Crippen molar-refractivity contribution >= 4 is 11.7 Å². The van der Waals surface area contributed by atoms with Crippen molar-refractivity contribution in [3.63, 3.8) is 0 Å². The fourth-order valence-electron chi connectivity index (χ4n) is 2.78. The molecule has 0 spiro atoms. The predicted molar refractivity (Wildman–Crippen MR) is 87.6 cm³/mol. The van der Waals surface area contributed by atoms with E-state index >= 15 is 0 Å². The Balaban J connectivity index is 1.70. The third-order valence-corrected chi connectivity index (χ3v) is 4.33. The summed E-state index contributed by atoms with van der Waals surface area (Å²) >= 11 is 0. The molecule has 0 aliphatic heterocycles. The Morgan fingerprint density at radius 1 is 1.19 bits per heavy atom. The minimum absolute atomic E-state index is 0.205. The van der Waals surface area contributed by atoms with Crippen LogP contribution in [0.4, 0.5) is 18.9 Å². The van der Waals surface area contributed by atoms with Crippen LogP contribution >= 0.6 is 0 Å². The Hall–Kier alpha value is -3.10. The van der Waals surface area contributed by atoms with E-state index in [0.29, 0.717) is 12.0 Å². The maximum absolute atomic E-state index is 12.6. The van der Waals surface area contributed by atoms with Crippen molar-refractivity contribution in [2.24, 2.45) is 5.92 Å². The minimum Gasteiger partial charge on any atom is -0.496 e. The highest BCUT2D eigenvalue weighted by atomic mass is 19.4. The summed E-state index contributed by atoms with van der Waals surface area (Å²) < 4.78 is 47.9. The number of hydrogen-bond donors (Lipinski definition) is 0. The van der Waals surface area contributed by atoms with Gasteiger partial charge in [0.2, 0.25) is 5.75 Å². The van der Waals surface area contributed by atoms with Crippen LogP contribution in [-0.4, -0.2) is 18.0 Å². The number of alkyl halides is 3. The molecule has 0 radical (unpaired) electrons. The molecule has 1 aliphatic rings. The normalized spacial score (nSPS) is 18.7. The van der Waals surface area contributed by atoms with Gasteiger partial charge in [-0.25, -0.2) is 0 Å². The lowest BCUT2D eigenvalue weighted by Gasteiger charge is -2.08. The monoisotopic (exact) mass is 381 g/mol. The molecule has 1 fully saturated rings. The zero-order valence-corrected chi connectivity index (χ0v) is 14.0. The molecule has 1 aliphatic carbocycles. The molecule has 142 valence electrons. The maximum Gasteiger partial charge on any atom is 0.416 e. The van der Waals surface area contributed by atoms with E-state index in [1.54, 1.807) is 0 Å². The maximum atomic E-state index is 12.6. The number of hydrogen-bond acceptors (Lipinski definition) is 5. The van der Waals surface area contributed by atoms with Crippen molar-refractivity contribution in [1.82, 2.24) is 0 Å². The van der Waals surface area contributed by atoms with Crippen LogP contribution in [0.25, 0.3) is 0 Å². The Kier molecular flexibility index (Phi) is 4.77. The van der Waals surface area contributed by atoms with Crippen molar-refractivity contribution in [3.8, 4) is 11.5 Å². The first-order valence-electron chi connectivity index (χ1n) is 7.92. The van der Waals surface area contributed by atoms with Crippen LogP contribution in [-0.2, 0) is 11.0 Å². The fourth-order valence-corrected chi connectivity index (χ4v) is 2.78. The molecule has 0 heterocycles. The minimum atomic E-state index is -4.42. The topological polar surface area (TPSA) is 78.7 Å². The second-order valence-electron chi connectivity index (χ2n) is 6.08. The first-order valence-corrected chi connectivity index (χ1v) is 7.92. The molecule has 0 amide bonds. The van der Waals surface area contributed by atoms with Crippen LogP contribution in [0.2, 0.25) is 0 Å². The van der Waals surface area contributed by atoms with Gasteiger partial charge in [-0.2, -0.15) is 13.2 Å². The highest BCUT2D eigenvalue weighted by Crippen LogP contribution is 2.49. The zero-order valence-electron chi connectivity index (χ0n) is 14.0. The van der Waals surface area contributed by atoms with Crippen molar-refractivity contribution in [3.05, 3.63) is 63.7 Å². The third kappa shape index (κ3) is 4.02. The molecule has 2 aromatic rings. The van der Waals surface area contributed by atoms with Crippen LogP contribution < -0.4 is 9.47 Å². The van der Waals surface area contributed by atoms with E-state index in [4.69, 9.17) is 9.47 Å². The molecule has 6 nitrogen and oxygen atoms in total. The predicted octanol–water partition coefficient (Wildman–Crippen LogP) is 4.33. The Morgan fingerprint density at radius 2 is 1.85 bits per heavy atom.